The largest absolute Gasteiger partial charge is 0.417 e. The summed E-state index contributed by atoms with van der Waals surface area (Å²) >= 11 is 5.25. The first-order chi connectivity index (χ1) is 7.81. The van der Waals surface area contributed by atoms with Crippen molar-refractivity contribution in [3.05, 3.63) is 28.6 Å². The molecular weight excluding hydrogens is 267 g/mol. The quantitative estimate of drug-likeness (QED) is 0.607. The molecule has 0 aromatic carbocycles. The third-order valence-electron chi connectivity index (χ3n) is 1.90. The van der Waals surface area contributed by atoms with Crippen LogP contribution < -0.4 is 0 Å². The predicted molar refractivity (Wildman–Crippen MR) is 48.5 cm³/mol. The summed E-state index contributed by atoms with van der Waals surface area (Å²) in [6.45, 7) is 0. The second-order valence-corrected chi connectivity index (χ2v) is 3.23. The number of nitriles is 1. The summed E-state index contributed by atoms with van der Waals surface area (Å²) in [5.41, 5.74) is -4.08. The van der Waals surface area contributed by atoms with Crippen LogP contribution in [0.15, 0.2) is 6.07 Å². The Morgan fingerprint density at radius 3 is 2.35 bits per heavy atom. The van der Waals surface area contributed by atoms with E-state index < -0.39 is 41.0 Å². The highest BCUT2D eigenvalue weighted by Crippen LogP contribution is 2.38. The zero-order chi connectivity index (χ0) is 13.2. The van der Waals surface area contributed by atoms with Crippen molar-refractivity contribution in [3.8, 4) is 6.07 Å². The molecule has 1 heterocycles. The molecule has 1 aromatic rings. The molecule has 1 rings (SSSR count). The maximum Gasteiger partial charge on any atom is 0.417 e. The highest BCUT2D eigenvalue weighted by molar-refractivity contribution is 6.17. The minimum atomic E-state index is -4.99. The number of aromatic nitrogens is 1. The number of alkyl halides is 6. The lowest BCUT2D eigenvalue weighted by Crippen LogP contribution is -2.14. The molecule has 0 bridgehead atoms. The van der Waals surface area contributed by atoms with Gasteiger partial charge in [-0.1, -0.05) is 0 Å². The van der Waals surface area contributed by atoms with Crippen molar-refractivity contribution in [2.24, 2.45) is 0 Å². The molecule has 0 radical (unpaired) electrons. The Kier molecular flexibility index (Phi) is 3.88. The zero-order valence-electron chi connectivity index (χ0n) is 8.02. The average Bonchev–Trinajstić information content (AvgIpc) is 2.25. The maximum absolute atomic E-state index is 12.6. The highest BCUT2D eigenvalue weighted by atomic mass is 35.5. The van der Waals surface area contributed by atoms with E-state index in [4.69, 9.17) is 16.9 Å². The van der Waals surface area contributed by atoms with Gasteiger partial charge < -0.3 is 0 Å². The normalized spacial score (nSPS) is 11.6. The summed E-state index contributed by atoms with van der Waals surface area (Å²) in [6.07, 6.45) is -8.35. The topological polar surface area (TPSA) is 36.7 Å². The third-order valence-corrected chi connectivity index (χ3v) is 2.16. The van der Waals surface area contributed by atoms with Crippen LogP contribution >= 0.6 is 11.6 Å². The summed E-state index contributed by atoms with van der Waals surface area (Å²) in [5, 5.41) is 8.47. The molecule has 0 amide bonds. The number of nitrogens with zero attached hydrogens (tertiary/aromatic N) is 2. The summed E-state index contributed by atoms with van der Waals surface area (Å²) in [7, 11) is 0. The molecule has 8 heteroatoms. The van der Waals surface area contributed by atoms with Gasteiger partial charge in [0.15, 0.2) is 0 Å². The Morgan fingerprint density at radius 1 is 1.41 bits per heavy atom. The van der Waals surface area contributed by atoms with E-state index >= 15 is 0 Å². The first-order valence-electron chi connectivity index (χ1n) is 4.16. The van der Waals surface area contributed by atoms with Gasteiger partial charge in [-0.15, -0.1) is 11.6 Å². The Labute approximate surface area is 97.6 Å². The van der Waals surface area contributed by atoms with Crippen molar-refractivity contribution >= 4 is 11.6 Å². The molecule has 0 saturated heterocycles. The van der Waals surface area contributed by atoms with Gasteiger partial charge in [0.2, 0.25) is 0 Å². The zero-order valence-corrected chi connectivity index (χ0v) is 8.78. The molecule has 1 aromatic heterocycles. The Balaban J connectivity index is 3.60. The molecule has 0 spiro atoms. The van der Waals surface area contributed by atoms with E-state index in [1.165, 1.54) is 6.07 Å². The van der Waals surface area contributed by atoms with Crippen LogP contribution in [0.3, 0.4) is 0 Å². The van der Waals surface area contributed by atoms with Crippen LogP contribution in [-0.4, -0.2) is 4.98 Å². The smallest absolute Gasteiger partial charge is 0.240 e. The van der Waals surface area contributed by atoms with Gasteiger partial charge >= 0.3 is 6.18 Å². The Morgan fingerprint density at radius 2 is 2.00 bits per heavy atom. The second-order valence-electron chi connectivity index (χ2n) is 2.96. The van der Waals surface area contributed by atoms with Crippen molar-refractivity contribution in [1.29, 1.82) is 5.26 Å². The molecular formula is C9H4ClF5N2. The van der Waals surface area contributed by atoms with Gasteiger partial charge in [-0.05, 0) is 6.07 Å². The lowest BCUT2D eigenvalue weighted by atomic mass is 10.1. The fourth-order valence-electron chi connectivity index (χ4n) is 1.24. The van der Waals surface area contributed by atoms with Crippen molar-refractivity contribution in [2.45, 2.75) is 18.5 Å². The first kappa shape index (κ1) is 13.6. The van der Waals surface area contributed by atoms with Crippen LogP contribution in [0.4, 0.5) is 22.0 Å². The van der Waals surface area contributed by atoms with E-state index in [-0.39, 0.29) is 6.07 Å². The molecule has 92 valence electrons. The monoisotopic (exact) mass is 270 g/mol. The van der Waals surface area contributed by atoms with Gasteiger partial charge in [-0.3, -0.25) is 0 Å². The second kappa shape index (κ2) is 4.84. The molecule has 0 saturated carbocycles. The summed E-state index contributed by atoms with van der Waals surface area (Å²) < 4.78 is 62.7. The van der Waals surface area contributed by atoms with Gasteiger partial charge in [0.05, 0.1) is 22.7 Å². The molecule has 0 unspecified atom stereocenters. The molecule has 0 N–H and O–H groups in total. The predicted octanol–water partition coefficient (Wildman–Crippen LogP) is 3.65. The molecule has 2 nitrogen and oxygen atoms in total. The van der Waals surface area contributed by atoms with Gasteiger partial charge in [0, 0.05) is 0 Å². The lowest BCUT2D eigenvalue weighted by Gasteiger charge is -2.15. The third kappa shape index (κ3) is 2.82. The number of hydrogen-bond acceptors (Lipinski definition) is 2. The van der Waals surface area contributed by atoms with Crippen molar-refractivity contribution < 1.29 is 22.0 Å². The maximum atomic E-state index is 12.6. The Bertz CT molecular complexity index is 464. The molecule has 0 aliphatic carbocycles. The van der Waals surface area contributed by atoms with Crippen molar-refractivity contribution in [1.82, 2.24) is 4.98 Å². The van der Waals surface area contributed by atoms with Crippen LogP contribution in [0, 0.1) is 11.3 Å². The number of hydrogen-bond donors (Lipinski definition) is 0. The molecule has 17 heavy (non-hydrogen) atoms. The molecule has 0 atom stereocenters. The van der Waals surface area contributed by atoms with Gasteiger partial charge in [0.25, 0.3) is 6.43 Å². The van der Waals surface area contributed by atoms with Gasteiger partial charge in [0.1, 0.15) is 11.8 Å². The van der Waals surface area contributed by atoms with Crippen molar-refractivity contribution in [2.75, 3.05) is 0 Å². The average molecular weight is 271 g/mol. The molecule has 0 aliphatic heterocycles. The van der Waals surface area contributed by atoms with E-state index in [9.17, 15) is 22.0 Å². The van der Waals surface area contributed by atoms with E-state index in [0.717, 1.165) is 0 Å². The minimum Gasteiger partial charge on any atom is -0.240 e. The summed E-state index contributed by atoms with van der Waals surface area (Å²) in [5.74, 6) is -0.627. The highest BCUT2D eigenvalue weighted by Gasteiger charge is 2.38. The van der Waals surface area contributed by atoms with E-state index in [2.05, 4.69) is 4.98 Å². The summed E-state index contributed by atoms with van der Waals surface area (Å²) in [4.78, 5) is 3.33. The van der Waals surface area contributed by atoms with Gasteiger partial charge in [-0.25, -0.2) is 13.8 Å². The van der Waals surface area contributed by atoms with Crippen LogP contribution in [0.1, 0.15) is 28.9 Å². The number of pyridine rings is 1. The summed E-state index contributed by atoms with van der Waals surface area (Å²) in [6, 6.07) is 1.65. The number of rotatable bonds is 2. The molecule has 0 aliphatic rings. The van der Waals surface area contributed by atoms with E-state index in [1.54, 1.807) is 0 Å². The number of halogens is 6. The molecule has 0 fully saturated rings. The van der Waals surface area contributed by atoms with Crippen LogP contribution in [-0.2, 0) is 12.1 Å². The first-order valence-corrected chi connectivity index (χ1v) is 4.70. The lowest BCUT2D eigenvalue weighted by molar-refractivity contribution is -0.139. The van der Waals surface area contributed by atoms with Crippen LogP contribution in [0.2, 0.25) is 0 Å². The van der Waals surface area contributed by atoms with Gasteiger partial charge in [-0.2, -0.15) is 18.4 Å². The fraction of sp³-hybridized carbons (Fsp3) is 0.333. The SMILES string of the molecule is N#Cc1cc(C(F)(F)F)c(C(F)F)c(CCl)n1. The minimum absolute atomic E-state index is 0.289. The fourth-order valence-corrected chi connectivity index (χ4v) is 1.45. The van der Waals surface area contributed by atoms with E-state index in [1.807, 2.05) is 0 Å². The van der Waals surface area contributed by atoms with Crippen LogP contribution in [0.25, 0.3) is 0 Å². The standard InChI is InChI=1S/C9H4ClF5N2/c10-2-6-7(8(11)12)5(9(13,14)15)1-4(3-16)17-6/h1,8H,2H2. The van der Waals surface area contributed by atoms with E-state index in [0.29, 0.717) is 0 Å². The van der Waals surface area contributed by atoms with Crippen molar-refractivity contribution in [3.63, 3.8) is 0 Å². The Hall–Kier alpha value is -1.42. The van der Waals surface area contributed by atoms with Crippen LogP contribution in [0.5, 0.6) is 0 Å².